The third-order valence-corrected chi connectivity index (χ3v) is 4.66. The Kier molecular flexibility index (Phi) is 5.08. The first-order valence-corrected chi connectivity index (χ1v) is 8.49. The van der Waals surface area contributed by atoms with Crippen LogP contribution in [-0.2, 0) is 9.59 Å². The van der Waals surface area contributed by atoms with Crippen molar-refractivity contribution < 1.29 is 19.1 Å². The molecule has 0 saturated carbocycles. The van der Waals surface area contributed by atoms with E-state index in [-0.39, 0.29) is 12.4 Å². The number of benzene rings is 1. The van der Waals surface area contributed by atoms with Crippen molar-refractivity contribution >= 4 is 39.2 Å². The molecule has 3 aromatic rings. The number of carbonyl (C=O) groups is 2. The van der Waals surface area contributed by atoms with Gasteiger partial charge in [0.25, 0.3) is 0 Å². The van der Waals surface area contributed by atoms with Crippen LogP contribution in [0.15, 0.2) is 30.6 Å². The van der Waals surface area contributed by atoms with Gasteiger partial charge in [0.1, 0.15) is 29.3 Å². The van der Waals surface area contributed by atoms with Crippen LogP contribution >= 0.6 is 11.3 Å². The standard InChI is InChI=1S/C17H15FN4O3S/c1-9-14(10-2-4-11(18)5-3-10)15-16(21-8-22-17(15)26-9)20-6-12(23)19-7-13(24)25/h2-5,8H,6-7H2,1H3,(H,19,23)(H,24,25)(H,20,21,22). The van der Waals surface area contributed by atoms with E-state index in [1.165, 1.54) is 29.8 Å². The molecule has 0 radical (unpaired) electrons. The largest absolute Gasteiger partial charge is 0.480 e. The van der Waals surface area contributed by atoms with Gasteiger partial charge in [-0.25, -0.2) is 14.4 Å². The summed E-state index contributed by atoms with van der Waals surface area (Å²) in [7, 11) is 0. The second kappa shape index (κ2) is 7.44. The van der Waals surface area contributed by atoms with Crippen LogP contribution in [0.5, 0.6) is 0 Å². The molecular weight excluding hydrogens is 359 g/mol. The molecule has 7 nitrogen and oxygen atoms in total. The lowest BCUT2D eigenvalue weighted by Crippen LogP contribution is -2.34. The van der Waals surface area contributed by atoms with Gasteiger partial charge in [-0.3, -0.25) is 9.59 Å². The molecule has 0 aliphatic carbocycles. The molecule has 0 atom stereocenters. The number of thiophene rings is 1. The van der Waals surface area contributed by atoms with Crippen LogP contribution in [0.4, 0.5) is 10.2 Å². The molecule has 26 heavy (non-hydrogen) atoms. The molecule has 2 aromatic heterocycles. The minimum atomic E-state index is -1.12. The zero-order chi connectivity index (χ0) is 18.7. The van der Waals surface area contributed by atoms with E-state index in [1.54, 1.807) is 12.1 Å². The van der Waals surface area contributed by atoms with Gasteiger partial charge in [-0.1, -0.05) is 12.1 Å². The van der Waals surface area contributed by atoms with Crippen molar-refractivity contribution in [3.8, 4) is 11.1 Å². The van der Waals surface area contributed by atoms with Crippen molar-refractivity contribution in [3.63, 3.8) is 0 Å². The summed E-state index contributed by atoms with van der Waals surface area (Å²) >= 11 is 1.48. The van der Waals surface area contributed by atoms with Crippen molar-refractivity contribution in [2.24, 2.45) is 0 Å². The van der Waals surface area contributed by atoms with Gasteiger partial charge < -0.3 is 15.7 Å². The van der Waals surface area contributed by atoms with Crippen molar-refractivity contribution in [1.29, 1.82) is 0 Å². The summed E-state index contributed by atoms with van der Waals surface area (Å²) in [4.78, 5) is 32.4. The Hall–Kier alpha value is -3.07. The number of fused-ring (bicyclic) bond motifs is 1. The second-order valence-electron chi connectivity index (χ2n) is 5.47. The van der Waals surface area contributed by atoms with Gasteiger partial charge in [0.05, 0.1) is 11.9 Å². The number of aromatic nitrogens is 2. The molecule has 0 saturated heterocycles. The van der Waals surface area contributed by atoms with E-state index in [4.69, 9.17) is 5.11 Å². The first-order chi connectivity index (χ1) is 12.5. The quantitative estimate of drug-likeness (QED) is 0.612. The van der Waals surface area contributed by atoms with Crippen LogP contribution in [0.25, 0.3) is 21.3 Å². The van der Waals surface area contributed by atoms with Crippen molar-refractivity contribution in [2.75, 3.05) is 18.4 Å². The van der Waals surface area contributed by atoms with E-state index in [0.29, 0.717) is 5.82 Å². The first kappa shape index (κ1) is 17.7. The Morgan fingerprint density at radius 1 is 1.19 bits per heavy atom. The van der Waals surface area contributed by atoms with E-state index in [2.05, 4.69) is 20.6 Å². The van der Waals surface area contributed by atoms with Crippen LogP contribution in [0.2, 0.25) is 0 Å². The highest BCUT2D eigenvalue weighted by atomic mass is 32.1. The van der Waals surface area contributed by atoms with E-state index < -0.39 is 18.4 Å². The maximum Gasteiger partial charge on any atom is 0.322 e. The number of carbonyl (C=O) groups excluding carboxylic acids is 1. The molecule has 3 rings (SSSR count). The summed E-state index contributed by atoms with van der Waals surface area (Å²) in [6.45, 7) is 1.36. The summed E-state index contributed by atoms with van der Waals surface area (Å²) in [5, 5.41) is 14.5. The molecule has 0 unspecified atom stereocenters. The van der Waals surface area contributed by atoms with Crippen LogP contribution < -0.4 is 10.6 Å². The SMILES string of the molecule is Cc1sc2ncnc(NCC(=O)NCC(=O)O)c2c1-c1ccc(F)cc1. The van der Waals surface area contributed by atoms with Crippen molar-refractivity contribution in [1.82, 2.24) is 15.3 Å². The molecule has 1 amide bonds. The Bertz CT molecular complexity index is 972. The average Bonchev–Trinajstić information content (AvgIpc) is 2.95. The fourth-order valence-electron chi connectivity index (χ4n) is 2.54. The third kappa shape index (κ3) is 3.77. The second-order valence-corrected chi connectivity index (χ2v) is 6.67. The van der Waals surface area contributed by atoms with Crippen molar-refractivity contribution in [2.45, 2.75) is 6.92 Å². The smallest absolute Gasteiger partial charge is 0.322 e. The molecular formula is C17H15FN4O3S. The third-order valence-electron chi connectivity index (χ3n) is 3.65. The van der Waals surface area contributed by atoms with Gasteiger partial charge in [0.2, 0.25) is 5.91 Å². The molecule has 0 spiro atoms. The van der Waals surface area contributed by atoms with Gasteiger partial charge in [-0.2, -0.15) is 0 Å². The summed E-state index contributed by atoms with van der Waals surface area (Å²) < 4.78 is 13.2. The number of hydrogen-bond donors (Lipinski definition) is 3. The monoisotopic (exact) mass is 374 g/mol. The number of anilines is 1. The molecule has 3 N–H and O–H groups in total. The predicted molar refractivity (Wildman–Crippen MR) is 96.7 cm³/mol. The number of aliphatic carboxylic acids is 1. The number of aryl methyl sites for hydroxylation is 1. The first-order valence-electron chi connectivity index (χ1n) is 7.68. The highest BCUT2D eigenvalue weighted by molar-refractivity contribution is 7.19. The fourth-order valence-corrected chi connectivity index (χ4v) is 3.56. The molecule has 1 aromatic carbocycles. The average molecular weight is 374 g/mol. The highest BCUT2D eigenvalue weighted by Crippen LogP contribution is 2.40. The zero-order valence-electron chi connectivity index (χ0n) is 13.7. The number of hydrogen-bond acceptors (Lipinski definition) is 6. The number of halogens is 1. The van der Waals surface area contributed by atoms with Crippen LogP contribution in [0.1, 0.15) is 4.88 Å². The Morgan fingerprint density at radius 2 is 1.92 bits per heavy atom. The number of rotatable bonds is 6. The normalized spacial score (nSPS) is 10.7. The minimum absolute atomic E-state index is 0.128. The molecule has 0 fully saturated rings. The lowest BCUT2D eigenvalue weighted by molar-refractivity contribution is -0.137. The maximum absolute atomic E-state index is 13.2. The van der Waals surface area contributed by atoms with Gasteiger partial charge >= 0.3 is 5.97 Å². The number of carboxylic acid groups (broad SMARTS) is 1. The maximum atomic E-state index is 13.2. The van der Waals surface area contributed by atoms with Gasteiger partial charge in [0, 0.05) is 10.4 Å². The fraction of sp³-hybridized carbons (Fsp3) is 0.176. The molecule has 2 heterocycles. The molecule has 134 valence electrons. The van der Waals surface area contributed by atoms with E-state index in [1.807, 2.05) is 6.92 Å². The number of nitrogens with zero attached hydrogens (tertiary/aromatic N) is 2. The Labute approximate surface area is 151 Å². The lowest BCUT2D eigenvalue weighted by atomic mass is 10.0. The zero-order valence-corrected chi connectivity index (χ0v) is 14.6. The highest BCUT2D eigenvalue weighted by Gasteiger charge is 2.17. The van der Waals surface area contributed by atoms with Crippen LogP contribution in [0.3, 0.4) is 0 Å². The summed E-state index contributed by atoms with van der Waals surface area (Å²) in [6.07, 6.45) is 1.39. The van der Waals surface area contributed by atoms with E-state index in [0.717, 1.165) is 26.2 Å². The predicted octanol–water partition coefficient (Wildman–Crippen LogP) is 2.42. The summed E-state index contributed by atoms with van der Waals surface area (Å²) in [6, 6.07) is 6.13. The number of carboxylic acids is 1. The number of nitrogens with one attached hydrogen (secondary N) is 2. The molecule has 0 aliphatic heterocycles. The molecule has 9 heteroatoms. The van der Waals surface area contributed by atoms with E-state index >= 15 is 0 Å². The van der Waals surface area contributed by atoms with E-state index in [9.17, 15) is 14.0 Å². The topological polar surface area (TPSA) is 104 Å². The summed E-state index contributed by atoms with van der Waals surface area (Å²) in [5.74, 6) is -1.44. The van der Waals surface area contributed by atoms with Gasteiger partial charge in [-0.05, 0) is 24.6 Å². The summed E-state index contributed by atoms with van der Waals surface area (Å²) in [5.41, 5.74) is 1.70. The van der Waals surface area contributed by atoms with Crippen molar-refractivity contribution in [3.05, 3.63) is 41.3 Å². The molecule has 0 bridgehead atoms. The number of amides is 1. The van der Waals surface area contributed by atoms with Crippen LogP contribution in [-0.4, -0.2) is 40.0 Å². The lowest BCUT2D eigenvalue weighted by Gasteiger charge is -2.09. The Balaban J connectivity index is 1.92. The van der Waals surface area contributed by atoms with Crippen LogP contribution in [0, 0.1) is 12.7 Å². The van der Waals surface area contributed by atoms with Gasteiger partial charge in [0.15, 0.2) is 0 Å². The Morgan fingerprint density at radius 3 is 2.62 bits per heavy atom. The molecule has 0 aliphatic rings. The minimum Gasteiger partial charge on any atom is -0.480 e. The van der Waals surface area contributed by atoms with Gasteiger partial charge in [-0.15, -0.1) is 11.3 Å².